The predicted octanol–water partition coefficient (Wildman–Crippen LogP) is -0.829. The molecule has 0 aromatic rings. The quantitative estimate of drug-likeness (QED) is 0.458. The van der Waals surface area contributed by atoms with Crippen molar-refractivity contribution in [2.24, 2.45) is 5.92 Å². The highest BCUT2D eigenvalue weighted by atomic mass is 16.5. The third-order valence-corrected chi connectivity index (χ3v) is 1.71. The van der Waals surface area contributed by atoms with Gasteiger partial charge in [0.1, 0.15) is 6.61 Å². The lowest BCUT2D eigenvalue weighted by Crippen LogP contribution is -2.53. The van der Waals surface area contributed by atoms with E-state index < -0.39 is 23.8 Å². The molecular formula is C8H10N2O4. The van der Waals surface area contributed by atoms with Gasteiger partial charge in [-0.25, -0.2) is 9.59 Å². The number of amides is 3. The molecule has 6 nitrogen and oxygen atoms in total. The standard InChI is InChI=1S/C8H10N2O4/c1-2-6(11)14-4-5-3-9-8(13)10-7(5)12/h2,5H,1,3-4H2,(H2,9,10,12,13). The maximum Gasteiger partial charge on any atom is 0.330 e. The number of urea groups is 1. The topological polar surface area (TPSA) is 84.5 Å². The Bertz CT molecular complexity index is 287. The van der Waals surface area contributed by atoms with Crippen molar-refractivity contribution in [2.45, 2.75) is 0 Å². The number of hydrogen-bond acceptors (Lipinski definition) is 4. The molecule has 3 amide bonds. The van der Waals surface area contributed by atoms with Gasteiger partial charge in [-0.05, 0) is 0 Å². The highest BCUT2D eigenvalue weighted by Crippen LogP contribution is 2.00. The molecular weight excluding hydrogens is 188 g/mol. The molecule has 2 N–H and O–H groups in total. The molecule has 1 saturated heterocycles. The number of esters is 1. The van der Waals surface area contributed by atoms with Crippen LogP contribution >= 0.6 is 0 Å². The second-order valence-electron chi connectivity index (χ2n) is 2.73. The summed E-state index contributed by atoms with van der Waals surface area (Å²) >= 11 is 0. The molecule has 1 atom stereocenters. The first-order chi connectivity index (χ1) is 6.63. The van der Waals surface area contributed by atoms with Gasteiger partial charge in [0.2, 0.25) is 5.91 Å². The first-order valence-corrected chi connectivity index (χ1v) is 4.01. The van der Waals surface area contributed by atoms with Crippen LogP contribution in [0.5, 0.6) is 0 Å². The van der Waals surface area contributed by atoms with Gasteiger partial charge in [-0.2, -0.15) is 0 Å². The van der Waals surface area contributed by atoms with Gasteiger partial charge in [0.15, 0.2) is 0 Å². The minimum Gasteiger partial charge on any atom is -0.462 e. The van der Waals surface area contributed by atoms with Crippen molar-refractivity contribution in [3.8, 4) is 0 Å². The molecule has 0 aliphatic carbocycles. The van der Waals surface area contributed by atoms with E-state index in [1.165, 1.54) is 0 Å². The zero-order valence-electron chi connectivity index (χ0n) is 7.41. The van der Waals surface area contributed by atoms with Crippen molar-refractivity contribution in [3.63, 3.8) is 0 Å². The molecule has 0 saturated carbocycles. The van der Waals surface area contributed by atoms with E-state index in [0.717, 1.165) is 6.08 Å². The Morgan fingerprint density at radius 3 is 2.93 bits per heavy atom. The van der Waals surface area contributed by atoms with Gasteiger partial charge in [0.25, 0.3) is 0 Å². The van der Waals surface area contributed by atoms with Gasteiger partial charge in [0.05, 0.1) is 5.92 Å². The Hall–Kier alpha value is -1.85. The van der Waals surface area contributed by atoms with Crippen molar-refractivity contribution in [3.05, 3.63) is 12.7 Å². The lowest BCUT2D eigenvalue weighted by atomic mass is 10.1. The van der Waals surface area contributed by atoms with Crippen LogP contribution in [0.2, 0.25) is 0 Å². The van der Waals surface area contributed by atoms with Crippen molar-refractivity contribution >= 4 is 17.9 Å². The predicted molar refractivity (Wildman–Crippen MR) is 46.2 cm³/mol. The molecule has 1 aliphatic heterocycles. The fourth-order valence-corrected chi connectivity index (χ4v) is 0.943. The molecule has 1 rings (SSSR count). The summed E-state index contributed by atoms with van der Waals surface area (Å²) in [5.74, 6) is -1.56. The summed E-state index contributed by atoms with van der Waals surface area (Å²) in [7, 11) is 0. The van der Waals surface area contributed by atoms with E-state index in [1.807, 2.05) is 0 Å². The fourth-order valence-electron chi connectivity index (χ4n) is 0.943. The molecule has 6 heteroatoms. The van der Waals surface area contributed by atoms with Crippen molar-refractivity contribution < 1.29 is 19.1 Å². The van der Waals surface area contributed by atoms with E-state index in [-0.39, 0.29) is 13.2 Å². The van der Waals surface area contributed by atoms with Crippen molar-refractivity contribution in [2.75, 3.05) is 13.2 Å². The van der Waals surface area contributed by atoms with E-state index in [0.29, 0.717) is 0 Å². The normalized spacial score (nSPS) is 20.7. The SMILES string of the molecule is C=CC(=O)OCC1CNC(=O)NC1=O. The van der Waals surface area contributed by atoms with Crippen LogP contribution < -0.4 is 10.6 Å². The first kappa shape index (κ1) is 10.2. The molecule has 0 aromatic carbocycles. The van der Waals surface area contributed by atoms with Gasteiger partial charge >= 0.3 is 12.0 Å². The van der Waals surface area contributed by atoms with Crippen LogP contribution in [0.1, 0.15) is 0 Å². The number of hydrogen-bond donors (Lipinski definition) is 2. The zero-order valence-corrected chi connectivity index (χ0v) is 7.41. The monoisotopic (exact) mass is 198 g/mol. The molecule has 0 bridgehead atoms. The molecule has 1 aliphatic rings. The molecule has 0 radical (unpaired) electrons. The lowest BCUT2D eigenvalue weighted by Gasteiger charge is -2.21. The van der Waals surface area contributed by atoms with Gasteiger partial charge in [-0.15, -0.1) is 0 Å². The molecule has 1 heterocycles. The van der Waals surface area contributed by atoms with Crippen LogP contribution in [0.3, 0.4) is 0 Å². The lowest BCUT2D eigenvalue weighted by molar-refractivity contribution is -0.141. The summed E-state index contributed by atoms with van der Waals surface area (Å²) in [6.07, 6.45) is 1.01. The van der Waals surface area contributed by atoms with Crippen LogP contribution in [0, 0.1) is 5.92 Å². The van der Waals surface area contributed by atoms with E-state index >= 15 is 0 Å². The number of rotatable bonds is 3. The third kappa shape index (κ3) is 2.58. The molecule has 14 heavy (non-hydrogen) atoms. The summed E-state index contributed by atoms with van der Waals surface area (Å²) in [4.78, 5) is 32.4. The summed E-state index contributed by atoms with van der Waals surface area (Å²) in [6, 6.07) is -0.527. The van der Waals surface area contributed by atoms with Crippen LogP contribution in [0.15, 0.2) is 12.7 Å². The minimum absolute atomic E-state index is 0.0586. The van der Waals surface area contributed by atoms with Crippen LogP contribution in [0.25, 0.3) is 0 Å². The van der Waals surface area contributed by atoms with Gasteiger partial charge < -0.3 is 10.1 Å². The third-order valence-electron chi connectivity index (χ3n) is 1.71. The Kier molecular flexibility index (Phi) is 3.22. The molecule has 76 valence electrons. The number of carbonyl (C=O) groups excluding carboxylic acids is 3. The Morgan fingerprint density at radius 2 is 2.36 bits per heavy atom. The van der Waals surface area contributed by atoms with Crippen molar-refractivity contribution in [1.29, 1.82) is 0 Å². The van der Waals surface area contributed by atoms with E-state index in [2.05, 4.69) is 21.9 Å². The fraction of sp³-hybridized carbons (Fsp3) is 0.375. The van der Waals surface area contributed by atoms with Gasteiger partial charge in [-0.3, -0.25) is 10.1 Å². The summed E-state index contributed by atoms with van der Waals surface area (Å²) in [6.45, 7) is 3.33. The Morgan fingerprint density at radius 1 is 1.64 bits per heavy atom. The maximum atomic E-state index is 11.1. The second-order valence-corrected chi connectivity index (χ2v) is 2.73. The summed E-state index contributed by atoms with van der Waals surface area (Å²) < 4.78 is 4.67. The zero-order chi connectivity index (χ0) is 10.6. The maximum absolute atomic E-state index is 11.1. The van der Waals surface area contributed by atoms with E-state index in [4.69, 9.17) is 0 Å². The number of imide groups is 1. The van der Waals surface area contributed by atoms with Crippen molar-refractivity contribution in [1.82, 2.24) is 10.6 Å². The summed E-state index contributed by atoms with van der Waals surface area (Å²) in [5.41, 5.74) is 0. The van der Waals surface area contributed by atoms with E-state index in [9.17, 15) is 14.4 Å². The highest BCUT2D eigenvalue weighted by Gasteiger charge is 2.26. The molecule has 1 unspecified atom stereocenters. The second kappa shape index (κ2) is 4.40. The Labute approximate surface area is 80.3 Å². The number of carbonyl (C=O) groups is 3. The van der Waals surface area contributed by atoms with Gasteiger partial charge in [0, 0.05) is 12.6 Å². The smallest absolute Gasteiger partial charge is 0.330 e. The molecule has 0 aromatic heterocycles. The van der Waals surface area contributed by atoms with Crippen LogP contribution in [-0.2, 0) is 14.3 Å². The number of nitrogens with one attached hydrogen (secondary N) is 2. The average molecular weight is 198 g/mol. The molecule has 1 fully saturated rings. The average Bonchev–Trinajstić information content (AvgIpc) is 2.16. The highest BCUT2D eigenvalue weighted by molar-refractivity contribution is 5.98. The van der Waals surface area contributed by atoms with Crippen LogP contribution in [0.4, 0.5) is 4.79 Å². The van der Waals surface area contributed by atoms with Crippen LogP contribution in [-0.4, -0.2) is 31.1 Å². The largest absolute Gasteiger partial charge is 0.462 e. The minimum atomic E-state index is -0.588. The summed E-state index contributed by atoms with van der Waals surface area (Å²) in [5, 5.41) is 4.48. The number of ether oxygens (including phenoxy) is 1. The van der Waals surface area contributed by atoms with E-state index in [1.54, 1.807) is 0 Å². The van der Waals surface area contributed by atoms with Gasteiger partial charge in [-0.1, -0.05) is 6.58 Å². The molecule has 0 spiro atoms. The Balaban J connectivity index is 2.38. The first-order valence-electron chi connectivity index (χ1n) is 4.01.